The highest BCUT2D eigenvalue weighted by molar-refractivity contribution is 6.37. The molecule has 0 radical (unpaired) electrons. The van der Waals surface area contributed by atoms with Crippen LogP contribution < -0.4 is 0 Å². The van der Waals surface area contributed by atoms with Crippen molar-refractivity contribution in [3.8, 4) is 11.4 Å². The Morgan fingerprint density at radius 2 is 1.00 bits per heavy atom. The van der Waals surface area contributed by atoms with Crippen molar-refractivity contribution in [1.82, 2.24) is 15.0 Å². The van der Waals surface area contributed by atoms with E-state index in [4.69, 9.17) is 0 Å². The first kappa shape index (κ1) is 17.3. The molecule has 7 rings (SSSR count). The van der Waals surface area contributed by atoms with Crippen LogP contribution in [0.2, 0.25) is 0 Å². The maximum Gasteiger partial charge on any atom is 0.163 e. The smallest absolute Gasteiger partial charge is 0.163 e. The van der Waals surface area contributed by atoms with Crippen LogP contribution in [0.3, 0.4) is 0 Å². The molecular weight excluding hydrogens is 390 g/mol. The van der Waals surface area contributed by atoms with Gasteiger partial charge in [-0.1, -0.05) is 84.9 Å². The molecular formula is C29H17N3. The van der Waals surface area contributed by atoms with Gasteiger partial charge in [-0.25, -0.2) is 15.0 Å². The Labute approximate surface area is 184 Å². The van der Waals surface area contributed by atoms with Crippen LogP contribution in [0.5, 0.6) is 0 Å². The number of hydrogen-bond donors (Lipinski definition) is 0. The third kappa shape index (κ3) is 2.33. The zero-order valence-electron chi connectivity index (χ0n) is 17.2. The van der Waals surface area contributed by atoms with Crippen molar-refractivity contribution in [2.75, 3.05) is 0 Å². The summed E-state index contributed by atoms with van der Waals surface area (Å²) in [6.07, 6.45) is 3.13. The second-order valence-electron chi connectivity index (χ2n) is 8.11. The Bertz CT molecular complexity index is 1820. The highest BCUT2D eigenvalue weighted by atomic mass is 15.0. The summed E-state index contributed by atoms with van der Waals surface area (Å²) in [6.45, 7) is 0. The van der Waals surface area contributed by atoms with Crippen LogP contribution in [0.25, 0.3) is 65.3 Å². The molecule has 6 aromatic carbocycles. The van der Waals surface area contributed by atoms with E-state index in [0.29, 0.717) is 5.82 Å². The summed E-state index contributed by atoms with van der Waals surface area (Å²) in [7, 11) is 0. The molecule has 0 fully saturated rings. The average Bonchev–Trinajstić information content (AvgIpc) is 2.88. The molecule has 148 valence electrons. The van der Waals surface area contributed by atoms with E-state index in [1.807, 2.05) is 0 Å². The van der Waals surface area contributed by atoms with Crippen LogP contribution in [0.4, 0.5) is 0 Å². The van der Waals surface area contributed by atoms with Gasteiger partial charge in [0.25, 0.3) is 0 Å². The molecule has 0 aliphatic rings. The fraction of sp³-hybridized carbons (Fsp3) is 0. The first-order valence-electron chi connectivity index (χ1n) is 10.7. The largest absolute Gasteiger partial charge is 0.225 e. The monoisotopic (exact) mass is 407 g/mol. The summed E-state index contributed by atoms with van der Waals surface area (Å²) in [5.74, 6) is 0.695. The second kappa shape index (κ2) is 6.56. The normalized spacial score (nSPS) is 11.8. The van der Waals surface area contributed by atoms with E-state index >= 15 is 0 Å². The van der Waals surface area contributed by atoms with Gasteiger partial charge in [0.1, 0.15) is 12.7 Å². The van der Waals surface area contributed by atoms with E-state index in [-0.39, 0.29) is 0 Å². The van der Waals surface area contributed by atoms with Crippen molar-refractivity contribution in [1.29, 1.82) is 0 Å². The number of benzene rings is 6. The molecule has 0 amide bonds. The van der Waals surface area contributed by atoms with Gasteiger partial charge in [-0.2, -0.15) is 0 Å². The highest BCUT2D eigenvalue weighted by Gasteiger charge is 2.17. The van der Waals surface area contributed by atoms with E-state index in [1.54, 1.807) is 12.7 Å². The topological polar surface area (TPSA) is 38.7 Å². The van der Waals surface area contributed by atoms with Gasteiger partial charge in [0.15, 0.2) is 5.82 Å². The predicted molar refractivity (Wildman–Crippen MR) is 133 cm³/mol. The van der Waals surface area contributed by atoms with E-state index < -0.39 is 0 Å². The lowest BCUT2D eigenvalue weighted by atomic mass is 9.87. The standard InChI is InChI=1S/C29H17N3/c1-2-8-19-18(7-1)13-14-24-20-9-3-4-10-21(20)25-15-26(29-31-16-30-17-32-29)22-11-5-6-12-23(22)28(25)27(19)24/h1-17H. The fourth-order valence-corrected chi connectivity index (χ4v) is 5.14. The summed E-state index contributed by atoms with van der Waals surface area (Å²) >= 11 is 0. The SMILES string of the molecule is c1ccc2c(c1)ccc1c3ccccc3c3cc(-c4ncncn4)c4ccccc4c3c21. The lowest BCUT2D eigenvalue weighted by Gasteiger charge is -2.16. The lowest BCUT2D eigenvalue weighted by molar-refractivity contribution is 1.06. The highest BCUT2D eigenvalue weighted by Crippen LogP contribution is 2.44. The maximum absolute atomic E-state index is 4.48. The van der Waals surface area contributed by atoms with E-state index in [0.717, 1.165) is 10.9 Å². The van der Waals surface area contributed by atoms with Crippen LogP contribution in [-0.4, -0.2) is 15.0 Å². The number of nitrogens with zero attached hydrogens (tertiary/aromatic N) is 3. The molecule has 0 unspecified atom stereocenters. The second-order valence-corrected chi connectivity index (χ2v) is 8.11. The minimum atomic E-state index is 0.695. The summed E-state index contributed by atoms with van der Waals surface area (Å²) in [4.78, 5) is 13.0. The lowest BCUT2D eigenvalue weighted by Crippen LogP contribution is -1.93. The molecule has 32 heavy (non-hydrogen) atoms. The Hall–Kier alpha value is -4.37. The minimum Gasteiger partial charge on any atom is -0.225 e. The average molecular weight is 407 g/mol. The molecule has 0 spiro atoms. The van der Waals surface area contributed by atoms with E-state index in [1.165, 1.54) is 48.5 Å². The van der Waals surface area contributed by atoms with Crippen molar-refractivity contribution in [3.05, 3.63) is 104 Å². The Morgan fingerprint density at radius 1 is 0.438 bits per heavy atom. The van der Waals surface area contributed by atoms with Crippen LogP contribution in [-0.2, 0) is 0 Å². The maximum atomic E-state index is 4.48. The first-order chi connectivity index (χ1) is 15.9. The number of fused-ring (bicyclic) bond motifs is 10. The van der Waals surface area contributed by atoms with Gasteiger partial charge in [-0.15, -0.1) is 0 Å². The van der Waals surface area contributed by atoms with Gasteiger partial charge in [0.05, 0.1) is 0 Å². The molecule has 0 N–H and O–H groups in total. The molecule has 0 atom stereocenters. The summed E-state index contributed by atoms with van der Waals surface area (Å²) < 4.78 is 0. The van der Waals surface area contributed by atoms with Crippen molar-refractivity contribution >= 4 is 53.9 Å². The molecule has 3 heteroatoms. The van der Waals surface area contributed by atoms with E-state index in [2.05, 4.69) is 106 Å². The van der Waals surface area contributed by atoms with Gasteiger partial charge >= 0.3 is 0 Å². The number of rotatable bonds is 1. The van der Waals surface area contributed by atoms with Crippen LogP contribution in [0.15, 0.2) is 104 Å². The first-order valence-corrected chi connectivity index (χ1v) is 10.7. The molecule has 3 nitrogen and oxygen atoms in total. The number of aromatic nitrogens is 3. The Morgan fingerprint density at radius 3 is 1.78 bits per heavy atom. The minimum absolute atomic E-state index is 0.695. The molecule has 0 bridgehead atoms. The predicted octanol–water partition coefficient (Wildman–Crippen LogP) is 7.30. The summed E-state index contributed by atoms with van der Waals surface area (Å²) in [5, 5.41) is 12.5. The molecule has 7 aromatic rings. The summed E-state index contributed by atoms with van der Waals surface area (Å²) in [5.41, 5.74) is 1.03. The van der Waals surface area contributed by atoms with Gasteiger partial charge in [-0.05, 0) is 59.9 Å². The van der Waals surface area contributed by atoms with Crippen molar-refractivity contribution in [2.24, 2.45) is 0 Å². The number of hydrogen-bond acceptors (Lipinski definition) is 3. The van der Waals surface area contributed by atoms with E-state index in [9.17, 15) is 0 Å². The van der Waals surface area contributed by atoms with Crippen LogP contribution in [0, 0.1) is 0 Å². The summed E-state index contributed by atoms with van der Waals surface area (Å²) in [6, 6.07) is 32.7. The zero-order valence-corrected chi connectivity index (χ0v) is 17.2. The molecule has 0 saturated heterocycles. The third-order valence-electron chi connectivity index (χ3n) is 6.47. The van der Waals surface area contributed by atoms with Gasteiger partial charge in [-0.3, -0.25) is 0 Å². The molecule has 0 aliphatic carbocycles. The molecule has 0 saturated carbocycles. The van der Waals surface area contributed by atoms with Crippen molar-refractivity contribution in [3.63, 3.8) is 0 Å². The molecule has 0 aliphatic heterocycles. The zero-order chi connectivity index (χ0) is 21.1. The van der Waals surface area contributed by atoms with Crippen molar-refractivity contribution in [2.45, 2.75) is 0 Å². The third-order valence-corrected chi connectivity index (χ3v) is 6.47. The van der Waals surface area contributed by atoms with Gasteiger partial charge < -0.3 is 0 Å². The molecule has 1 aromatic heterocycles. The Balaban J connectivity index is 1.85. The molecule has 1 heterocycles. The van der Waals surface area contributed by atoms with Crippen molar-refractivity contribution < 1.29 is 0 Å². The van der Waals surface area contributed by atoms with Gasteiger partial charge in [0, 0.05) is 5.56 Å². The Kier molecular flexibility index (Phi) is 3.55. The quantitative estimate of drug-likeness (QED) is 0.268. The van der Waals surface area contributed by atoms with Crippen LogP contribution >= 0.6 is 0 Å². The van der Waals surface area contributed by atoms with Gasteiger partial charge in [0.2, 0.25) is 0 Å². The fourth-order valence-electron chi connectivity index (χ4n) is 5.14. The van der Waals surface area contributed by atoms with Crippen LogP contribution in [0.1, 0.15) is 0 Å².